The highest BCUT2D eigenvalue weighted by atomic mass is 16.6. The van der Waals surface area contributed by atoms with E-state index in [4.69, 9.17) is 9.47 Å². The Bertz CT molecular complexity index is 851. The van der Waals surface area contributed by atoms with Crippen molar-refractivity contribution in [3.05, 3.63) is 0 Å². The largest absolute Gasteiger partial charge is 0.463 e. The molecule has 0 amide bonds. The normalized spacial score (nSPS) is 46.4. The number of ether oxygens (including phenoxy) is 2. The number of carbonyl (C=O) groups is 2. The van der Waals surface area contributed by atoms with Gasteiger partial charge in [0, 0.05) is 0 Å². The van der Waals surface area contributed by atoms with Crippen LogP contribution >= 0.6 is 0 Å². The molecule has 0 radical (unpaired) electrons. The van der Waals surface area contributed by atoms with Gasteiger partial charge in [0.1, 0.15) is 5.41 Å². The van der Waals surface area contributed by atoms with E-state index < -0.39 is 11.5 Å². The van der Waals surface area contributed by atoms with E-state index in [9.17, 15) is 9.59 Å². The summed E-state index contributed by atoms with van der Waals surface area (Å²) in [5, 5.41) is 0. The lowest BCUT2D eigenvalue weighted by Gasteiger charge is -2.64. The average molecular weight is 501 g/mol. The van der Waals surface area contributed by atoms with E-state index in [2.05, 4.69) is 34.6 Å². The lowest BCUT2D eigenvalue weighted by atomic mass is 9.42. The molecule has 0 aromatic heterocycles. The predicted octanol–water partition coefficient (Wildman–Crippen LogP) is 7.58. The minimum absolute atomic E-state index is 0.147. The van der Waals surface area contributed by atoms with E-state index in [0.29, 0.717) is 23.4 Å². The smallest absolute Gasteiger partial charge is 0.348 e. The van der Waals surface area contributed by atoms with Crippen LogP contribution in [-0.2, 0) is 19.1 Å². The van der Waals surface area contributed by atoms with Crippen LogP contribution in [0.1, 0.15) is 119 Å². The van der Waals surface area contributed by atoms with E-state index >= 15 is 0 Å². The van der Waals surface area contributed by atoms with Gasteiger partial charge in [-0.05, 0) is 117 Å². The third-order valence-corrected chi connectivity index (χ3v) is 12.6. The maximum absolute atomic E-state index is 12.8. The fourth-order valence-electron chi connectivity index (χ4n) is 10.6. The Labute approximate surface area is 220 Å². The number of fused-ring (bicyclic) bond motifs is 5. The van der Waals surface area contributed by atoms with Crippen LogP contribution in [0.5, 0.6) is 0 Å². The molecule has 5 fully saturated rings. The molecule has 36 heavy (non-hydrogen) atoms. The summed E-state index contributed by atoms with van der Waals surface area (Å²) in [5.74, 6) is 5.11. The fourth-order valence-corrected chi connectivity index (χ4v) is 10.6. The zero-order valence-corrected chi connectivity index (χ0v) is 23.9. The van der Waals surface area contributed by atoms with E-state index in [1.807, 2.05) is 6.92 Å². The Hall–Kier alpha value is -1.06. The van der Waals surface area contributed by atoms with Crippen LogP contribution in [0.15, 0.2) is 0 Å². The summed E-state index contributed by atoms with van der Waals surface area (Å²) in [4.78, 5) is 25.3. The van der Waals surface area contributed by atoms with Gasteiger partial charge in [0.25, 0.3) is 0 Å². The molecule has 4 heteroatoms. The third-order valence-electron chi connectivity index (χ3n) is 12.6. The molecule has 0 N–H and O–H groups in total. The molecule has 0 unspecified atom stereocenters. The Balaban J connectivity index is 1.28. The summed E-state index contributed by atoms with van der Waals surface area (Å²) in [7, 11) is 0. The van der Waals surface area contributed by atoms with E-state index in [1.165, 1.54) is 57.8 Å². The minimum Gasteiger partial charge on any atom is -0.463 e. The van der Waals surface area contributed by atoms with E-state index in [0.717, 1.165) is 54.8 Å². The number of hydrogen-bond acceptors (Lipinski definition) is 4. The van der Waals surface area contributed by atoms with Crippen LogP contribution < -0.4 is 0 Å². The maximum Gasteiger partial charge on any atom is 0.348 e. The van der Waals surface area contributed by atoms with Gasteiger partial charge in [-0.25, -0.2) is 4.79 Å². The summed E-state index contributed by atoms with van der Waals surface area (Å²) < 4.78 is 10.7. The monoisotopic (exact) mass is 500 g/mol. The number of carbonyl (C=O) groups excluding carboxylic acids is 2. The molecule has 0 aromatic rings. The Morgan fingerprint density at radius 3 is 2.42 bits per heavy atom. The van der Waals surface area contributed by atoms with Crippen molar-refractivity contribution in [3.63, 3.8) is 0 Å². The van der Waals surface area contributed by atoms with Crippen molar-refractivity contribution < 1.29 is 19.1 Å². The zero-order chi connectivity index (χ0) is 25.9. The second kappa shape index (κ2) is 9.60. The molecule has 10 atom stereocenters. The molecule has 1 saturated heterocycles. The summed E-state index contributed by atoms with van der Waals surface area (Å²) >= 11 is 0. The molecule has 1 aliphatic heterocycles. The number of cyclic esters (lactones) is 1. The molecule has 0 aromatic carbocycles. The third kappa shape index (κ3) is 3.98. The Kier molecular flexibility index (Phi) is 7.08. The Morgan fingerprint density at radius 2 is 1.72 bits per heavy atom. The first-order valence-corrected chi connectivity index (χ1v) is 15.4. The molecule has 4 aliphatic carbocycles. The lowest BCUT2D eigenvalue weighted by Crippen LogP contribution is -2.65. The van der Waals surface area contributed by atoms with Gasteiger partial charge >= 0.3 is 11.9 Å². The minimum atomic E-state index is -0.672. The van der Waals surface area contributed by atoms with Crippen LogP contribution in [0.2, 0.25) is 0 Å². The van der Waals surface area contributed by atoms with Gasteiger partial charge < -0.3 is 9.47 Å². The van der Waals surface area contributed by atoms with Gasteiger partial charge in [0.2, 0.25) is 6.10 Å². The maximum atomic E-state index is 12.8. The lowest BCUT2D eigenvalue weighted by molar-refractivity contribution is -0.235. The van der Waals surface area contributed by atoms with Gasteiger partial charge in [-0.15, -0.1) is 0 Å². The highest BCUT2D eigenvalue weighted by molar-refractivity contribution is 5.95. The van der Waals surface area contributed by atoms with Crippen molar-refractivity contribution >= 4 is 11.9 Å². The van der Waals surface area contributed by atoms with Gasteiger partial charge in [0.15, 0.2) is 0 Å². The van der Waals surface area contributed by atoms with Crippen LogP contribution in [0, 0.1) is 57.7 Å². The number of rotatable bonds is 7. The fraction of sp³-hybridized carbons (Fsp3) is 0.938. The van der Waals surface area contributed by atoms with E-state index in [1.54, 1.807) is 0 Å². The molecule has 1 heterocycles. The predicted molar refractivity (Wildman–Crippen MR) is 142 cm³/mol. The topological polar surface area (TPSA) is 52.6 Å². The quantitative estimate of drug-likeness (QED) is 0.338. The highest BCUT2D eigenvalue weighted by Gasteiger charge is 2.68. The van der Waals surface area contributed by atoms with Crippen molar-refractivity contribution in [1.29, 1.82) is 0 Å². The summed E-state index contributed by atoms with van der Waals surface area (Å²) in [5.41, 5.74) is 0.201. The highest BCUT2D eigenvalue weighted by Crippen LogP contribution is 2.70. The van der Waals surface area contributed by atoms with Crippen LogP contribution in [0.25, 0.3) is 0 Å². The second-order valence-electron chi connectivity index (χ2n) is 14.6. The molecular formula is C32H52O4. The average Bonchev–Trinajstić information content (AvgIpc) is 3.19. The zero-order valence-electron chi connectivity index (χ0n) is 23.9. The van der Waals surface area contributed by atoms with Gasteiger partial charge in [-0.2, -0.15) is 0 Å². The van der Waals surface area contributed by atoms with Crippen molar-refractivity contribution in [2.75, 3.05) is 6.61 Å². The van der Waals surface area contributed by atoms with Crippen molar-refractivity contribution in [1.82, 2.24) is 0 Å². The van der Waals surface area contributed by atoms with Crippen LogP contribution in [0.4, 0.5) is 0 Å². The molecular weight excluding hydrogens is 448 g/mol. The summed E-state index contributed by atoms with van der Waals surface area (Å²) in [6.45, 7) is 14.6. The van der Waals surface area contributed by atoms with Crippen molar-refractivity contribution in [2.24, 2.45) is 57.7 Å². The first-order chi connectivity index (χ1) is 17.1. The molecule has 4 nitrogen and oxygen atoms in total. The summed E-state index contributed by atoms with van der Waals surface area (Å²) in [6, 6.07) is 0. The second-order valence-corrected chi connectivity index (χ2v) is 14.6. The first-order valence-electron chi connectivity index (χ1n) is 15.4. The molecule has 1 spiro atoms. The molecule has 0 bridgehead atoms. The number of esters is 2. The van der Waals surface area contributed by atoms with E-state index in [-0.39, 0.29) is 11.9 Å². The van der Waals surface area contributed by atoms with Crippen molar-refractivity contribution in [3.8, 4) is 0 Å². The molecule has 5 aliphatic rings. The Morgan fingerprint density at radius 1 is 0.972 bits per heavy atom. The van der Waals surface area contributed by atoms with Gasteiger partial charge in [0.05, 0.1) is 6.61 Å². The first kappa shape index (κ1) is 26.5. The van der Waals surface area contributed by atoms with Crippen molar-refractivity contribution in [2.45, 2.75) is 125 Å². The number of hydrogen-bond donors (Lipinski definition) is 0. The van der Waals surface area contributed by atoms with Gasteiger partial charge in [-0.3, -0.25) is 4.79 Å². The standard InChI is InChI=1S/C32H52O4/c1-7-35-28(33)27-32(29(34)36-27)18-17-30(5)22(19-32)11-12-23-25-14-13-24(21(4)10-8-9-20(2)3)31(25,6)16-15-26(23)30/h20-27H,7-19H2,1-6H3/t21-,22+,23+,24-,25+,26+,27+,30+,31-,32-/m1/s1. The SMILES string of the molecule is CCOC(=O)[C@@H]1OC(=O)[C@@]12CC[C@@]1(C)[C@@H](CC[C@@H]3[C@@H]1CC[C@]1(C)[C@@H]([C@H](C)CCCC(C)C)CC[C@@H]31)C2. The van der Waals surface area contributed by atoms with Gasteiger partial charge in [-0.1, -0.05) is 53.9 Å². The van der Waals surface area contributed by atoms with Crippen LogP contribution in [0.3, 0.4) is 0 Å². The molecule has 5 rings (SSSR count). The molecule has 4 saturated carbocycles. The summed E-state index contributed by atoms with van der Waals surface area (Å²) in [6.07, 6.45) is 14.3. The molecule has 204 valence electrons. The van der Waals surface area contributed by atoms with Crippen LogP contribution in [-0.4, -0.2) is 24.6 Å².